The van der Waals surface area contributed by atoms with Gasteiger partial charge in [0.1, 0.15) is 18.9 Å². The topological polar surface area (TPSA) is 174 Å². The molecule has 14 heteroatoms. The lowest BCUT2D eigenvalue weighted by molar-refractivity contribution is -0.148. The van der Waals surface area contributed by atoms with Crippen molar-refractivity contribution in [2.75, 3.05) is 65.4 Å². The third kappa shape index (κ3) is 19.3. The molecule has 0 heterocycles. The molecule has 0 radical (unpaired) electrons. The smallest absolute Gasteiger partial charge is 0.242 e. The van der Waals surface area contributed by atoms with E-state index < -0.39 is 23.6 Å². The Balaban J connectivity index is 1.61. The third-order valence-corrected chi connectivity index (χ3v) is 11.4. The van der Waals surface area contributed by atoms with Gasteiger partial charge in [-0.3, -0.25) is 33.7 Å². The van der Waals surface area contributed by atoms with E-state index in [0.717, 1.165) is 22.3 Å². The van der Waals surface area contributed by atoms with Crippen LogP contribution in [0, 0.1) is 0 Å². The van der Waals surface area contributed by atoms with Gasteiger partial charge in [-0.1, -0.05) is 121 Å². The zero-order valence-electron chi connectivity index (χ0n) is 40.1. The fourth-order valence-electron chi connectivity index (χ4n) is 7.51. The minimum atomic E-state index is -0.475. The molecule has 4 N–H and O–H groups in total. The molecule has 4 aromatic rings. The molecular formula is C53H72N8O6. The predicted octanol–water partition coefficient (Wildman–Crippen LogP) is 5.10. The van der Waals surface area contributed by atoms with E-state index in [0.29, 0.717) is 51.9 Å². The summed E-state index contributed by atoms with van der Waals surface area (Å²) in [5.41, 5.74) is 14.8. The minimum absolute atomic E-state index is 0.0731. The van der Waals surface area contributed by atoms with Crippen molar-refractivity contribution in [1.82, 2.24) is 29.4 Å². The molecule has 67 heavy (non-hydrogen) atoms. The highest BCUT2D eigenvalue weighted by Gasteiger charge is 2.31. The number of Topliss-reactive ketones (excluding diaryl/α,β-unsaturated/α-hetero) is 1. The van der Waals surface area contributed by atoms with Gasteiger partial charge in [-0.05, 0) is 88.7 Å². The van der Waals surface area contributed by atoms with E-state index in [1.807, 2.05) is 121 Å². The van der Waals surface area contributed by atoms with Crippen LogP contribution in [0.3, 0.4) is 0 Å². The van der Waals surface area contributed by atoms with Crippen LogP contribution in [-0.2, 0) is 54.9 Å². The van der Waals surface area contributed by atoms with E-state index >= 15 is 0 Å². The van der Waals surface area contributed by atoms with E-state index in [1.165, 1.54) is 26.5 Å². The molecule has 0 saturated carbocycles. The number of hydrogen-bond acceptors (Lipinski definition) is 9. The highest BCUT2D eigenvalue weighted by atomic mass is 16.2. The summed E-state index contributed by atoms with van der Waals surface area (Å²) >= 11 is 0. The van der Waals surface area contributed by atoms with Crippen LogP contribution in [0.4, 0.5) is 0 Å². The number of benzene rings is 4. The number of nitrogens with zero attached hydrogens (tertiary/aromatic N) is 6. The van der Waals surface area contributed by atoms with Gasteiger partial charge in [0.2, 0.25) is 29.5 Å². The van der Waals surface area contributed by atoms with Gasteiger partial charge in [0.05, 0.1) is 26.2 Å². The van der Waals surface area contributed by atoms with Crippen LogP contribution in [0.2, 0.25) is 0 Å². The summed E-state index contributed by atoms with van der Waals surface area (Å²) in [6.45, 7) is 8.40. The van der Waals surface area contributed by atoms with Crippen molar-refractivity contribution < 1.29 is 28.8 Å². The molecule has 360 valence electrons. The van der Waals surface area contributed by atoms with Gasteiger partial charge in [-0.2, -0.15) is 0 Å². The summed E-state index contributed by atoms with van der Waals surface area (Å²) in [6, 6.07) is 37.8. The van der Waals surface area contributed by atoms with Crippen LogP contribution in [0.15, 0.2) is 121 Å². The van der Waals surface area contributed by atoms with Crippen LogP contribution in [0.5, 0.6) is 0 Å². The largest absolute Gasteiger partial charge is 0.332 e. The SMILES string of the molecule is CC(=O)CN(Cc1ccccc1)C(=O)CN(Cc1ccccc1)C(=O)CN(CCCCN)C(=O)CN(Cc1ccccc1)C(=O)CN(CCCCN)C(=O)CN(Cc1ccccc1)C(C)(C)C. The van der Waals surface area contributed by atoms with Crippen molar-refractivity contribution in [3.05, 3.63) is 144 Å². The Kier molecular flexibility index (Phi) is 22.4. The zero-order valence-corrected chi connectivity index (χ0v) is 40.1. The highest BCUT2D eigenvalue weighted by Crippen LogP contribution is 2.19. The second kappa shape index (κ2) is 28.1. The Labute approximate surface area is 397 Å². The van der Waals surface area contributed by atoms with Crippen molar-refractivity contribution in [1.29, 1.82) is 0 Å². The van der Waals surface area contributed by atoms with Crippen molar-refractivity contribution in [2.45, 2.75) is 85.1 Å². The van der Waals surface area contributed by atoms with Crippen molar-refractivity contribution in [3.8, 4) is 0 Å². The van der Waals surface area contributed by atoms with E-state index in [2.05, 4.69) is 25.7 Å². The molecule has 4 aromatic carbocycles. The van der Waals surface area contributed by atoms with Gasteiger partial charge < -0.3 is 36.0 Å². The first-order valence-electron chi connectivity index (χ1n) is 23.4. The minimum Gasteiger partial charge on any atom is -0.332 e. The average Bonchev–Trinajstić information content (AvgIpc) is 3.30. The molecule has 5 amide bonds. The maximum absolute atomic E-state index is 14.6. The quantitative estimate of drug-likeness (QED) is 0.0736. The van der Waals surface area contributed by atoms with Gasteiger partial charge in [0.15, 0.2) is 0 Å². The molecule has 4 rings (SSSR count). The molecule has 0 spiro atoms. The lowest BCUT2D eigenvalue weighted by atomic mass is 10.0. The molecule has 0 aliphatic carbocycles. The molecular weight excluding hydrogens is 845 g/mol. The van der Waals surface area contributed by atoms with Crippen LogP contribution < -0.4 is 11.5 Å². The third-order valence-electron chi connectivity index (χ3n) is 11.4. The van der Waals surface area contributed by atoms with E-state index in [1.54, 1.807) is 4.90 Å². The summed E-state index contributed by atoms with van der Waals surface area (Å²) in [5.74, 6) is -2.19. The lowest BCUT2D eigenvalue weighted by Gasteiger charge is -2.37. The van der Waals surface area contributed by atoms with Crippen LogP contribution in [0.25, 0.3) is 0 Å². The van der Waals surface area contributed by atoms with E-state index in [9.17, 15) is 28.8 Å². The second-order valence-corrected chi connectivity index (χ2v) is 18.0. The van der Waals surface area contributed by atoms with Gasteiger partial charge in [0, 0.05) is 44.8 Å². The highest BCUT2D eigenvalue weighted by molar-refractivity contribution is 5.92. The van der Waals surface area contributed by atoms with Gasteiger partial charge >= 0.3 is 0 Å². The van der Waals surface area contributed by atoms with Gasteiger partial charge in [-0.15, -0.1) is 0 Å². The Bertz CT molecular complexity index is 2140. The van der Waals surface area contributed by atoms with Crippen LogP contribution in [-0.4, -0.2) is 136 Å². The second-order valence-electron chi connectivity index (χ2n) is 18.0. The maximum atomic E-state index is 14.6. The first-order chi connectivity index (χ1) is 32.2. The Morgan fingerprint density at radius 1 is 0.388 bits per heavy atom. The maximum Gasteiger partial charge on any atom is 0.242 e. The molecule has 0 bridgehead atoms. The summed E-state index contributed by atoms with van der Waals surface area (Å²) in [5, 5.41) is 0. The number of carbonyl (C=O) groups excluding carboxylic acids is 6. The predicted molar refractivity (Wildman–Crippen MR) is 263 cm³/mol. The van der Waals surface area contributed by atoms with Gasteiger partial charge in [-0.25, -0.2) is 0 Å². The molecule has 0 saturated heterocycles. The number of unbranched alkanes of at least 4 members (excludes halogenated alkanes) is 2. The monoisotopic (exact) mass is 917 g/mol. The fraction of sp³-hybridized carbons (Fsp3) is 0.434. The fourth-order valence-corrected chi connectivity index (χ4v) is 7.51. The molecule has 0 aliphatic rings. The van der Waals surface area contributed by atoms with Crippen LogP contribution in [0.1, 0.15) is 75.6 Å². The number of ketones is 1. The first-order valence-corrected chi connectivity index (χ1v) is 23.4. The van der Waals surface area contributed by atoms with E-state index in [4.69, 9.17) is 11.5 Å². The molecule has 0 aliphatic heterocycles. The number of carbonyl (C=O) groups is 6. The summed E-state index contributed by atoms with van der Waals surface area (Å²) in [7, 11) is 0. The molecule has 0 unspecified atom stereocenters. The van der Waals surface area contributed by atoms with E-state index in [-0.39, 0.29) is 82.7 Å². The zero-order chi connectivity index (χ0) is 48.6. The van der Waals surface area contributed by atoms with Crippen molar-refractivity contribution in [2.24, 2.45) is 11.5 Å². The van der Waals surface area contributed by atoms with Gasteiger partial charge in [0.25, 0.3) is 0 Å². The number of nitrogens with two attached hydrogens (primary N) is 2. The lowest BCUT2D eigenvalue weighted by Crippen LogP contribution is -2.52. The average molecular weight is 917 g/mol. The molecule has 0 atom stereocenters. The number of hydrogen-bond donors (Lipinski definition) is 2. The molecule has 0 fully saturated rings. The summed E-state index contributed by atoms with van der Waals surface area (Å²) in [4.78, 5) is 93.7. The van der Waals surface area contributed by atoms with Crippen LogP contribution >= 0.6 is 0 Å². The molecule has 14 nitrogen and oxygen atoms in total. The number of rotatable bonds is 28. The Hall–Kier alpha value is -6.22. The number of amides is 5. The van der Waals surface area contributed by atoms with Crippen molar-refractivity contribution >= 4 is 35.3 Å². The summed E-state index contributed by atoms with van der Waals surface area (Å²) < 4.78 is 0. The summed E-state index contributed by atoms with van der Waals surface area (Å²) in [6.07, 6.45) is 2.35. The normalized spacial score (nSPS) is 11.2. The standard InChI is InChI=1S/C53H72N8O6/c1-43(62)33-58(34-44-21-9-5-10-22-44)51(66)41-60(36-46-25-13-7-14-26-46)49(64)38-56(31-19-17-29-54)48(63)40-59(35-45-23-11-6-12-24-45)50(65)39-57(32-20-18-30-55)52(67)42-61(53(2,3)4)37-47-27-15-8-16-28-47/h5-16,21-28H,17-20,29-42,54-55H2,1-4H3. The Morgan fingerprint density at radius 3 is 0.985 bits per heavy atom. The van der Waals surface area contributed by atoms with Crippen molar-refractivity contribution in [3.63, 3.8) is 0 Å². The molecule has 0 aromatic heterocycles. The first kappa shape index (κ1) is 53.4. The Morgan fingerprint density at radius 2 is 0.672 bits per heavy atom.